The number of benzene rings is 1. The summed E-state index contributed by atoms with van der Waals surface area (Å²) in [5, 5.41) is 4.04. The minimum atomic E-state index is 0.0445. The van der Waals surface area contributed by atoms with Gasteiger partial charge < -0.3 is 0 Å². The number of carbonyl (C=O) groups excluding carboxylic acids is 1. The van der Waals surface area contributed by atoms with E-state index >= 15 is 0 Å². The molecule has 0 bridgehead atoms. The lowest BCUT2D eigenvalue weighted by Gasteiger charge is -2.01. The van der Waals surface area contributed by atoms with E-state index in [4.69, 9.17) is 0 Å². The molecule has 0 spiro atoms. The molecule has 3 nitrogen and oxygen atoms in total. The van der Waals surface area contributed by atoms with E-state index in [0.29, 0.717) is 5.56 Å². The summed E-state index contributed by atoms with van der Waals surface area (Å²) in [5.41, 5.74) is 0.690. The third-order valence-electron chi connectivity index (χ3n) is 2.07. The molecule has 1 aromatic carbocycles. The second-order valence-electron chi connectivity index (χ2n) is 3.29. The maximum absolute atomic E-state index is 11.8. The number of hydrogen-bond acceptors (Lipinski definition) is 2. The van der Waals surface area contributed by atoms with Crippen molar-refractivity contribution in [2.45, 2.75) is 6.54 Å². The zero-order chi connectivity index (χ0) is 11.5. The Bertz CT molecular complexity index is 505. The molecule has 82 valence electrons. The number of aromatic nitrogens is 2. The number of halogens is 2. The van der Waals surface area contributed by atoms with Crippen LogP contribution in [0.4, 0.5) is 0 Å². The van der Waals surface area contributed by atoms with Gasteiger partial charge >= 0.3 is 0 Å². The molecular formula is C11H8Br2N2O. The molecule has 0 unspecified atom stereocenters. The summed E-state index contributed by atoms with van der Waals surface area (Å²) in [4.78, 5) is 11.8. The second kappa shape index (κ2) is 4.93. The van der Waals surface area contributed by atoms with Crippen LogP contribution in [0.5, 0.6) is 0 Å². The second-order valence-corrected chi connectivity index (χ2v) is 5.12. The first-order chi connectivity index (χ1) is 7.65. The molecule has 0 N–H and O–H groups in total. The Morgan fingerprint density at radius 1 is 1.19 bits per heavy atom. The van der Waals surface area contributed by atoms with Gasteiger partial charge in [-0.3, -0.25) is 9.48 Å². The molecule has 0 aliphatic carbocycles. The summed E-state index contributed by atoms with van der Waals surface area (Å²) in [6, 6.07) is 7.30. The van der Waals surface area contributed by atoms with Gasteiger partial charge in [-0.1, -0.05) is 28.1 Å². The minimum Gasteiger partial charge on any atom is -0.292 e. The van der Waals surface area contributed by atoms with Crippen molar-refractivity contribution in [2.24, 2.45) is 0 Å². The van der Waals surface area contributed by atoms with Gasteiger partial charge in [0.05, 0.1) is 10.7 Å². The van der Waals surface area contributed by atoms with Crippen molar-refractivity contribution in [3.8, 4) is 0 Å². The fraction of sp³-hybridized carbons (Fsp3) is 0.0909. The summed E-state index contributed by atoms with van der Waals surface area (Å²) in [7, 11) is 0. The summed E-state index contributed by atoms with van der Waals surface area (Å²) in [6.45, 7) is 0.257. The van der Waals surface area contributed by atoms with E-state index in [2.05, 4.69) is 37.0 Å². The Kier molecular flexibility index (Phi) is 3.56. The first-order valence-electron chi connectivity index (χ1n) is 4.62. The Morgan fingerprint density at radius 2 is 1.88 bits per heavy atom. The van der Waals surface area contributed by atoms with Crippen molar-refractivity contribution in [3.63, 3.8) is 0 Å². The average molecular weight is 344 g/mol. The smallest absolute Gasteiger partial charge is 0.184 e. The van der Waals surface area contributed by atoms with Crippen LogP contribution in [0.2, 0.25) is 0 Å². The average Bonchev–Trinajstić information content (AvgIpc) is 2.65. The Morgan fingerprint density at radius 3 is 2.44 bits per heavy atom. The van der Waals surface area contributed by atoms with Gasteiger partial charge in [-0.05, 0) is 28.1 Å². The Balaban J connectivity index is 2.11. The van der Waals surface area contributed by atoms with E-state index in [1.165, 1.54) is 0 Å². The Labute approximate surface area is 110 Å². The van der Waals surface area contributed by atoms with Gasteiger partial charge in [-0.25, -0.2) is 0 Å². The largest absolute Gasteiger partial charge is 0.292 e. The van der Waals surface area contributed by atoms with E-state index in [1.807, 2.05) is 12.1 Å². The normalized spacial score (nSPS) is 10.4. The zero-order valence-corrected chi connectivity index (χ0v) is 11.4. The van der Waals surface area contributed by atoms with Crippen LogP contribution in [-0.4, -0.2) is 15.6 Å². The number of nitrogens with zero attached hydrogens (tertiary/aromatic N) is 2. The van der Waals surface area contributed by atoms with Crippen LogP contribution in [0, 0.1) is 0 Å². The van der Waals surface area contributed by atoms with Gasteiger partial charge in [0.25, 0.3) is 0 Å². The van der Waals surface area contributed by atoms with Crippen LogP contribution < -0.4 is 0 Å². The molecule has 2 rings (SSSR count). The molecule has 16 heavy (non-hydrogen) atoms. The fourth-order valence-corrected chi connectivity index (χ4v) is 1.89. The summed E-state index contributed by atoms with van der Waals surface area (Å²) in [5.74, 6) is 0.0445. The van der Waals surface area contributed by atoms with Gasteiger partial charge in [0.2, 0.25) is 0 Å². The van der Waals surface area contributed by atoms with E-state index in [0.717, 1.165) is 8.95 Å². The molecule has 0 amide bonds. The van der Waals surface area contributed by atoms with Crippen LogP contribution >= 0.6 is 31.9 Å². The van der Waals surface area contributed by atoms with Crippen LogP contribution in [-0.2, 0) is 6.54 Å². The number of carbonyl (C=O) groups is 1. The predicted octanol–water partition coefficient (Wildman–Crippen LogP) is 3.29. The summed E-state index contributed by atoms with van der Waals surface area (Å²) >= 11 is 6.62. The number of rotatable bonds is 3. The summed E-state index contributed by atoms with van der Waals surface area (Å²) in [6.07, 6.45) is 3.44. The quantitative estimate of drug-likeness (QED) is 0.801. The molecule has 0 fully saturated rings. The number of ketones is 1. The van der Waals surface area contributed by atoms with Crippen molar-refractivity contribution in [1.29, 1.82) is 0 Å². The topological polar surface area (TPSA) is 34.9 Å². The van der Waals surface area contributed by atoms with Gasteiger partial charge in [0, 0.05) is 16.2 Å². The van der Waals surface area contributed by atoms with E-state index in [-0.39, 0.29) is 12.3 Å². The third kappa shape index (κ3) is 2.80. The molecule has 0 radical (unpaired) electrons. The maximum atomic E-state index is 11.8. The lowest BCUT2D eigenvalue weighted by Crippen LogP contribution is -2.10. The van der Waals surface area contributed by atoms with Crippen LogP contribution in [0.15, 0.2) is 45.6 Å². The van der Waals surface area contributed by atoms with E-state index in [9.17, 15) is 4.79 Å². The SMILES string of the molecule is O=C(Cn1cc(Br)cn1)c1ccc(Br)cc1. The van der Waals surface area contributed by atoms with Crippen LogP contribution in [0.25, 0.3) is 0 Å². The van der Waals surface area contributed by atoms with Gasteiger partial charge in [-0.15, -0.1) is 0 Å². The van der Waals surface area contributed by atoms with Crippen molar-refractivity contribution in [2.75, 3.05) is 0 Å². The first-order valence-corrected chi connectivity index (χ1v) is 6.20. The highest BCUT2D eigenvalue weighted by Crippen LogP contribution is 2.12. The highest BCUT2D eigenvalue weighted by atomic mass is 79.9. The van der Waals surface area contributed by atoms with Gasteiger partial charge in [-0.2, -0.15) is 5.10 Å². The summed E-state index contributed by atoms with van der Waals surface area (Å²) < 4.78 is 3.44. The van der Waals surface area contributed by atoms with Gasteiger partial charge in [0.1, 0.15) is 6.54 Å². The molecule has 0 aliphatic rings. The first kappa shape index (κ1) is 11.5. The van der Waals surface area contributed by atoms with E-state index in [1.54, 1.807) is 29.2 Å². The highest BCUT2D eigenvalue weighted by Gasteiger charge is 2.07. The molecule has 0 aliphatic heterocycles. The fourth-order valence-electron chi connectivity index (χ4n) is 1.30. The number of Topliss-reactive ketones (excluding diaryl/α,β-unsaturated/α-hetero) is 1. The van der Waals surface area contributed by atoms with Crippen molar-refractivity contribution in [1.82, 2.24) is 9.78 Å². The van der Waals surface area contributed by atoms with Crippen LogP contribution in [0.1, 0.15) is 10.4 Å². The monoisotopic (exact) mass is 342 g/mol. The lowest BCUT2D eigenvalue weighted by atomic mass is 10.1. The molecule has 1 aromatic heterocycles. The van der Waals surface area contributed by atoms with E-state index < -0.39 is 0 Å². The molecule has 0 saturated heterocycles. The predicted molar refractivity (Wildman–Crippen MR) is 68.4 cm³/mol. The molecule has 0 atom stereocenters. The standard InChI is InChI=1S/C11H8Br2N2O/c12-9-3-1-8(2-4-9)11(16)7-15-6-10(13)5-14-15/h1-6H,7H2. The number of hydrogen-bond donors (Lipinski definition) is 0. The lowest BCUT2D eigenvalue weighted by molar-refractivity contribution is 0.0967. The Hall–Kier alpha value is -0.940. The maximum Gasteiger partial charge on any atom is 0.184 e. The van der Waals surface area contributed by atoms with Crippen molar-refractivity contribution >= 4 is 37.6 Å². The zero-order valence-electron chi connectivity index (χ0n) is 8.23. The van der Waals surface area contributed by atoms with Crippen molar-refractivity contribution < 1.29 is 4.79 Å². The highest BCUT2D eigenvalue weighted by molar-refractivity contribution is 9.10. The molecule has 2 aromatic rings. The third-order valence-corrected chi connectivity index (χ3v) is 3.01. The van der Waals surface area contributed by atoms with Crippen LogP contribution in [0.3, 0.4) is 0 Å². The van der Waals surface area contributed by atoms with Crippen molar-refractivity contribution in [3.05, 3.63) is 51.2 Å². The molecule has 5 heteroatoms. The molecule has 0 saturated carbocycles. The van der Waals surface area contributed by atoms with Gasteiger partial charge in [0.15, 0.2) is 5.78 Å². The molecule has 1 heterocycles. The minimum absolute atomic E-state index is 0.0445. The molecular weight excluding hydrogens is 336 g/mol.